The summed E-state index contributed by atoms with van der Waals surface area (Å²) in [5, 5.41) is 4.09. The highest BCUT2D eigenvalue weighted by molar-refractivity contribution is 5.99. The monoisotopic (exact) mass is 433 g/mol. The van der Waals surface area contributed by atoms with Crippen LogP contribution in [-0.4, -0.2) is 39.7 Å². The topological polar surface area (TPSA) is 91.0 Å². The van der Waals surface area contributed by atoms with Gasteiger partial charge in [-0.05, 0) is 43.4 Å². The van der Waals surface area contributed by atoms with Crippen LogP contribution >= 0.6 is 0 Å². The number of aromatic amines is 1. The van der Waals surface area contributed by atoms with Gasteiger partial charge in [0.15, 0.2) is 5.78 Å². The van der Waals surface area contributed by atoms with Crippen LogP contribution < -0.4 is 10.2 Å². The summed E-state index contributed by atoms with van der Waals surface area (Å²) in [4.78, 5) is 39.8. The van der Waals surface area contributed by atoms with E-state index >= 15 is 0 Å². The lowest BCUT2D eigenvalue weighted by Crippen LogP contribution is -2.45. The minimum atomic E-state index is -0.478. The van der Waals surface area contributed by atoms with Crippen molar-refractivity contribution < 1.29 is 9.59 Å². The fraction of sp³-hybridized carbons (Fsp3) is 0.440. The van der Waals surface area contributed by atoms with Gasteiger partial charge in [-0.3, -0.25) is 9.59 Å². The summed E-state index contributed by atoms with van der Waals surface area (Å²) in [7, 11) is 0. The van der Waals surface area contributed by atoms with Crippen LogP contribution in [0.2, 0.25) is 0 Å². The average Bonchev–Trinajstić information content (AvgIpc) is 3.15. The summed E-state index contributed by atoms with van der Waals surface area (Å²) in [6.07, 6.45) is 5.48. The van der Waals surface area contributed by atoms with Crippen LogP contribution in [0.1, 0.15) is 56.0 Å². The molecule has 1 saturated heterocycles. The molecule has 4 rings (SSSR count). The van der Waals surface area contributed by atoms with E-state index in [0.717, 1.165) is 48.3 Å². The number of aryl methyl sites for hydroxylation is 1. The molecular formula is C25H31N5O2. The summed E-state index contributed by atoms with van der Waals surface area (Å²) in [5.74, 6) is 1.33. The molecule has 7 heteroatoms. The van der Waals surface area contributed by atoms with Crippen LogP contribution in [0, 0.1) is 18.3 Å². The van der Waals surface area contributed by atoms with E-state index in [0.29, 0.717) is 23.6 Å². The number of Topliss-reactive ketones (excluding diaryl/α,β-unsaturated/α-hetero) is 1. The van der Waals surface area contributed by atoms with E-state index in [1.165, 1.54) is 0 Å². The molecule has 2 N–H and O–H groups in total. The van der Waals surface area contributed by atoms with Crippen LogP contribution in [0.3, 0.4) is 0 Å². The largest absolute Gasteiger partial charge is 0.356 e. The van der Waals surface area contributed by atoms with Crippen LogP contribution in [0.15, 0.2) is 36.8 Å². The zero-order chi connectivity index (χ0) is 22.9. The molecule has 2 aromatic heterocycles. The molecule has 1 fully saturated rings. The number of nitrogens with zero attached hydrogens (tertiary/aromatic N) is 3. The van der Waals surface area contributed by atoms with Crippen molar-refractivity contribution in [1.29, 1.82) is 0 Å². The molecule has 1 aliphatic heterocycles. The molecule has 1 aromatic carbocycles. The molecule has 0 bridgehead atoms. The lowest BCUT2D eigenvalue weighted by atomic mass is 9.79. The minimum Gasteiger partial charge on any atom is -0.356 e. The Morgan fingerprint density at radius 1 is 1.22 bits per heavy atom. The summed E-state index contributed by atoms with van der Waals surface area (Å²) in [6.45, 7) is 9.61. The van der Waals surface area contributed by atoms with Crippen molar-refractivity contribution in [1.82, 2.24) is 15.0 Å². The van der Waals surface area contributed by atoms with E-state index in [-0.39, 0.29) is 11.7 Å². The molecule has 32 heavy (non-hydrogen) atoms. The average molecular weight is 434 g/mol. The Balaban J connectivity index is 1.44. The highest BCUT2D eigenvalue weighted by atomic mass is 16.2. The molecule has 0 unspecified atom stereocenters. The third-order valence-corrected chi connectivity index (χ3v) is 6.40. The Kier molecular flexibility index (Phi) is 6.00. The van der Waals surface area contributed by atoms with Gasteiger partial charge in [-0.15, -0.1) is 0 Å². The predicted molar refractivity (Wildman–Crippen MR) is 127 cm³/mol. The zero-order valence-corrected chi connectivity index (χ0v) is 19.2. The maximum absolute atomic E-state index is 13.2. The van der Waals surface area contributed by atoms with Crippen molar-refractivity contribution in [3.63, 3.8) is 0 Å². The lowest BCUT2D eigenvalue weighted by Gasteiger charge is -2.39. The van der Waals surface area contributed by atoms with Gasteiger partial charge in [-0.1, -0.05) is 32.9 Å². The number of anilines is 2. The Labute approximate surface area is 188 Å². The molecule has 0 spiro atoms. The molecule has 3 aromatic rings. The van der Waals surface area contributed by atoms with Crippen molar-refractivity contribution >= 4 is 34.2 Å². The maximum atomic E-state index is 13.2. The Bertz CT molecular complexity index is 1140. The van der Waals surface area contributed by atoms with Crippen molar-refractivity contribution in [3.05, 3.63) is 47.9 Å². The molecular weight excluding hydrogens is 402 g/mol. The molecule has 0 atom stereocenters. The number of hydrogen-bond acceptors (Lipinski definition) is 5. The van der Waals surface area contributed by atoms with Crippen molar-refractivity contribution in [2.75, 3.05) is 23.3 Å². The van der Waals surface area contributed by atoms with Crippen molar-refractivity contribution in [3.8, 4) is 0 Å². The van der Waals surface area contributed by atoms with Gasteiger partial charge in [-0.25, -0.2) is 9.97 Å². The van der Waals surface area contributed by atoms with E-state index in [1.54, 1.807) is 12.4 Å². The summed E-state index contributed by atoms with van der Waals surface area (Å²) < 4.78 is 0. The summed E-state index contributed by atoms with van der Waals surface area (Å²) >= 11 is 0. The highest BCUT2D eigenvalue weighted by Gasteiger charge is 2.37. The minimum absolute atomic E-state index is 0.00346. The quantitative estimate of drug-likeness (QED) is 0.548. The van der Waals surface area contributed by atoms with E-state index in [4.69, 9.17) is 0 Å². The van der Waals surface area contributed by atoms with E-state index in [2.05, 4.69) is 25.2 Å². The number of carbonyl (C=O) groups is 2. The maximum Gasteiger partial charge on any atom is 0.230 e. The number of H-pyrrole nitrogens is 1. The lowest BCUT2D eigenvalue weighted by molar-refractivity contribution is -0.125. The SMILES string of the molecule is Cc1c[nH]c2ncnc(N3CCC(C)(C(=O)Nc4cccc(C(=O)CC(C)C)c4)CC3)c12. The van der Waals surface area contributed by atoms with Gasteiger partial charge in [0.2, 0.25) is 5.91 Å². The number of hydrogen-bond donors (Lipinski definition) is 2. The first kappa shape index (κ1) is 22.0. The number of benzene rings is 1. The Hall–Kier alpha value is -3.22. The number of aromatic nitrogens is 3. The molecule has 1 amide bonds. The zero-order valence-electron chi connectivity index (χ0n) is 19.2. The number of nitrogens with one attached hydrogen (secondary N) is 2. The van der Waals surface area contributed by atoms with Crippen molar-refractivity contribution in [2.45, 2.75) is 47.0 Å². The van der Waals surface area contributed by atoms with Crippen LogP contribution in [0.25, 0.3) is 11.0 Å². The third kappa shape index (κ3) is 4.38. The summed E-state index contributed by atoms with van der Waals surface area (Å²) in [6, 6.07) is 7.27. The predicted octanol–water partition coefficient (Wildman–Crippen LogP) is 4.74. The van der Waals surface area contributed by atoms with Gasteiger partial charge in [0.1, 0.15) is 17.8 Å². The Morgan fingerprint density at radius 3 is 2.69 bits per heavy atom. The molecule has 1 aliphatic rings. The highest BCUT2D eigenvalue weighted by Crippen LogP contribution is 2.36. The second-order valence-electron chi connectivity index (χ2n) is 9.50. The van der Waals surface area contributed by atoms with Crippen LogP contribution in [-0.2, 0) is 4.79 Å². The van der Waals surface area contributed by atoms with Gasteiger partial charge in [0, 0.05) is 37.0 Å². The number of ketones is 1. The van der Waals surface area contributed by atoms with Gasteiger partial charge in [0.25, 0.3) is 0 Å². The molecule has 3 heterocycles. The van der Waals surface area contributed by atoms with Crippen molar-refractivity contribution in [2.24, 2.45) is 11.3 Å². The normalized spacial score (nSPS) is 15.8. The number of piperidine rings is 1. The Morgan fingerprint density at radius 2 is 1.97 bits per heavy atom. The second kappa shape index (κ2) is 8.73. The number of rotatable bonds is 6. The van der Waals surface area contributed by atoms with E-state index in [9.17, 15) is 9.59 Å². The molecule has 0 aliphatic carbocycles. The molecule has 7 nitrogen and oxygen atoms in total. The number of carbonyl (C=O) groups excluding carboxylic acids is 2. The smallest absolute Gasteiger partial charge is 0.230 e. The van der Waals surface area contributed by atoms with Crippen LogP contribution in [0.4, 0.5) is 11.5 Å². The number of amides is 1. The van der Waals surface area contributed by atoms with E-state index in [1.807, 2.05) is 52.1 Å². The first-order valence-electron chi connectivity index (χ1n) is 11.3. The van der Waals surface area contributed by atoms with Gasteiger partial charge >= 0.3 is 0 Å². The molecule has 0 saturated carbocycles. The van der Waals surface area contributed by atoms with Gasteiger partial charge < -0.3 is 15.2 Å². The standard InChI is InChI=1S/C25H31N5O2/c1-16(2)12-20(31)18-6-5-7-19(13-18)29-24(32)25(4)8-10-30(11-9-25)23-21-17(3)14-26-22(21)27-15-28-23/h5-7,13-16H,8-12H2,1-4H3,(H,29,32)(H,26,27,28). The third-order valence-electron chi connectivity index (χ3n) is 6.40. The van der Waals surface area contributed by atoms with Crippen LogP contribution in [0.5, 0.6) is 0 Å². The molecule has 0 radical (unpaired) electrons. The van der Waals surface area contributed by atoms with E-state index < -0.39 is 5.41 Å². The fourth-order valence-electron chi connectivity index (χ4n) is 4.32. The fourth-order valence-corrected chi connectivity index (χ4v) is 4.32. The second-order valence-corrected chi connectivity index (χ2v) is 9.50. The summed E-state index contributed by atoms with van der Waals surface area (Å²) in [5.41, 5.74) is 2.80. The first-order chi connectivity index (χ1) is 15.3. The van der Waals surface area contributed by atoms with Gasteiger partial charge in [0.05, 0.1) is 10.8 Å². The first-order valence-corrected chi connectivity index (χ1v) is 11.3. The number of fused-ring (bicyclic) bond motifs is 1. The van der Waals surface area contributed by atoms with Gasteiger partial charge in [-0.2, -0.15) is 0 Å². The molecule has 168 valence electrons.